The third-order valence-corrected chi connectivity index (χ3v) is 2.05. The molecule has 6 heteroatoms. The van der Waals surface area contributed by atoms with Crippen LogP contribution in [0, 0.1) is 0 Å². The molecule has 0 aliphatic carbocycles. The first-order chi connectivity index (χ1) is 7.11. The number of amides is 2. The van der Waals surface area contributed by atoms with E-state index in [0.717, 1.165) is 0 Å². The third-order valence-electron chi connectivity index (χ3n) is 2.05. The van der Waals surface area contributed by atoms with E-state index in [2.05, 4.69) is 0 Å². The Kier molecular flexibility index (Phi) is 3.76. The van der Waals surface area contributed by atoms with Gasteiger partial charge in [-0.3, -0.25) is 0 Å². The lowest BCUT2D eigenvalue weighted by Gasteiger charge is -2.46. The SMILES string of the molecule is CCOC(=O)N1CC(C)N1C(=O)OCC. The fraction of sp³-hybridized carbons (Fsp3) is 0.778. The molecule has 0 radical (unpaired) electrons. The third kappa shape index (κ3) is 2.31. The number of carbonyl (C=O) groups excluding carboxylic acids is 2. The van der Waals surface area contributed by atoms with Gasteiger partial charge in [0.2, 0.25) is 0 Å². The van der Waals surface area contributed by atoms with Crippen LogP contribution in [0.25, 0.3) is 0 Å². The molecule has 1 aliphatic heterocycles. The van der Waals surface area contributed by atoms with Crippen LogP contribution in [-0.2, 0) is 9.47 Å². The summed E-state index contributed by atoms with van der Waals surface area (Å²) in [5, 5.41) is 2.51. The Morgan fingerprint density at radius 1 is 1.20 bits per heavy atom. The van der Waals surface area contributed by atoms with Gasteiger partial charge in [-0.25, -0.2) is 19.6 Å². The molecule has 1 heterocycles. The first-order valence-corrected chi connectivity index (χ1v) is 5.02. The molecule has 0 saturated carbocycles. The molecule has 2 amide bonds. The zero-order chi connectivity index (χ0) is 11.4. The highest BCUT2D eigenvalue weighted by atomic mass is 16.6. The summed E-state index contributed by atoms with van der Waals surface area (Å²) < 4.78 is 9.60. The highest BCUT2D eigenvalue weighted by Gasteiger charge is 2.42. The number of hydrogen-bond acceptors (Lipinski definition) is 4. The molecule has 6 nitrogen and oxygen atoms in total. The first kappa shape index (κ1) is 11.6. The lowest BCUT2D eigenvalue weighted by molar-refractivity contribution is -0.113. The van der Waals surface area contributed by atoms with Crippen molar-refractivity contribution in [2.75, 3.05) is 19.8 Å². The summed E-state index contributed by atoms with van der Waals surface area (Å²) in [6, 6.07) is -0.0199. The van der Waals surface area contributed by atoms with Gasteiger partial charge in [-0.15, -0.1) is 0 Å². The van der Waals surface area contributed by atoms with Crippen molar-refractivity contribution in [3.05, 3.63) is 0 Å². The van der Waals surface area contributed by atoms with Crippen LogP contribution in [0.4, 0.5) is 9.59 Å². The van der Waals surface area contributed by atoms with Gasteiger partial charge in [-0.05, 0) is 20.8 Å². The van der Waals surface area contributed by atoms with Crippen molar-refractivity contribution in [2.45, 2.75) is 26.8 Å². The Bertz CT molecular complexity index is 256. The summed E-state index contributed by atoms with van der Waals surface area (Å²) in [5.74, 6) is 0. The molecule has 0 spiro atoms. The summed E-state index contributed by atoms with van der Waals surface area (Å²) in [6.45, 7) is 6.34. The Labute approximate surface area is 88.7 Å². The summed E-state index contributed by atoms with van der Waals surface area (Å²) >= 11 is 0. The molecule has 86 valence electrons. The van der Waals surface area contributed by atoms with E-state index in [9.17, 15) is 9.59 Å². The van der Waals surface area contributed by atoms with Crippen molar-refractivity contribution in [1.82, 2.24) is 10.0 Å². The van der Waals surface area contributed by atoms with Gasteiger partial charge in [0, 0.05) is 0 Å². The van der Waals surface area contributed by atoms with Crippen LogP contribution in [-0.4, -0.2) is 48.0 Å². The maximum Gasteiger partial charge on any atom is 0.429 e. The second-order valence-electron chi connectivity index (χ2n) is 3.17. The monoisotopic (exact) mass is 216 g/mol. The fourth-order valence-corrected chi connectivity index (χ4v) is 1.39. The Morgan fingerprint density at radius 3 is 2.20 bits per heavy atom. The number of carbonyl (C=O) groups is 2. The minimum Gasteiger partial charge on any atom is -0.448 e. The largest absolute Gasteiger partial charge is 0.448 e. The Morgan fingerprint density at radius 2 is 1.73 bits per heavy atom. The van der Waals surface area contributed by atoms with E-state index in [1.807, 2.05) is 6.92 Å². The van der Waals surface area contributed by atoms with Crippen molar-refractivity contribution in [1.29, 1.82) is 0 Å². The van der Waals surface area contributed by atoms with Crippen molar-refractivity contribution >= 4 is 12.2 Å². The van der Waals surface area contributed by atoms with Crippen LogP contribution in [0.5, 0.6) is 0 Å². The summed E-state index contributed by atoms with van der Waals surface area (Å²) in [7, 11) is 0. The van der Waals surface area contributed by atoms with Crippen molar-refractivity contribution in [3.8, 4) is 0 Å². The predicted molar refractivity (Wildman–Crippen MR) is 52.1 cm³/mol. The lowest BCUT2D eigenvalue weighted by atomic mass is 10.2. The van der Waals surface area contributed by atoms with Crippen molar-refractivity contribution in [2.24, 2.45) is 0 Å². The highest BCUT2D eigenvalue weighted by molar-refractivity contribution is 5.76. The summed E-state index contributed by atoms with van der Waals surface area (Å²) in [6.07, 6.45) is -1.02. The van der Waals surface area contributed by atoms with Crippen LogP contribution in [0.15, 0.2) is 0 Å². The second-order valence-corrected chi connectivity index (χ2v) is 3.17. The standard InChI is InChI=1S/C9H16N2O4/c1-4-14-8(12)10-6-7(3)11(10)9(13)15-5-2/h7H,4-6H2,1-3H3. The Balaban J connectivity index is 2.54. The minimum absolute atomic E-state index is 0.0199. The molecule has 0 bridgehead atoms. The van der Waals surface area contributed by atoms with Gasteiger partial charge in [0.15, 0.2) is 0 Å². The smallest absolute Gasteiger partial charge is 0.429 e. The maximum atomic E-state index is 11.4. The average Bonchev–Trinajstić information content (AvgIpc) is 2.14. The van der Waals surface area contributed by atoms with Gasteiger partial charge >= 0.3 is 12.2 Å². The second kappa shape index (κ2) is 4.86. The van der Waals surface area contributed by atoms with E-state index in [1.165, 1.54) is 10.0 Å². The van der Waals surface area contributed by atoms with E-state index in [4.69, 9.17) is 9.47 Å². The summed E-state index contributed by atoms with van der Waals surface area (Å²) in [4.78, 5) is 22.8. The van der Waals surface area contributed by atoms with Gasteiger partial charge in [0.05, 0.1) is 25.8 Å². The number of hydrogen-bond donors (Lipinski definition) is 0. The van der Waals surface area contributed by atoms with Crippen LogP contribution in [0.3, 0.4) is 0 Å². The van der Waals surface area contributed by atoms with Crippen molar-refractivity contribution < 1.29 is 19.1 Å². The zero-order valence-electron chi connectivity index (χ0n) is 9.23. The number of nitrogens with zero attached hydrogens (tertiary/aromatic N) is 2. The van der Waals surface area contributed by atoms with Gasteiger partial charge in [-0.2, -0.15) is 0 Å². The van der Waals surface area contributed by atoms with E-state index < -0.39 is 12.2 Å². The quantitative estimate of drug-likeness (QED) is 0.696. The predicted octanol–water partition coefficient (Wildman–Crippen LogP) is 1.22. The highest BCUT2D eigenvalue weighted by Crippen LogP contribution is 2.20. The van der Waals surface area contributed by atoms with Gasteiger partial charge in [0.1, 0.15) is 0 Å². The number of hydrazine groups is 1. The van der Waals surface area contributed by atoms with Crippen LogP contribution >= 0.6 is 0 Å². The van der Waals surface area contributed by atoms with Crippen molar-refractivity contribution in [3.63, 3.8) is 0 Å². The molecule has 1 unspecified atom stereocenters. The average molecular weight is 216 g/mol. The first-order valence-electron chi connectivity index (χ1n) is 5.02. The molecule has 1 atom stereocenters. The molecule has 15 heavy (non-hydrogen) atoms. The maximum absolute atomic E-state index is 11.4. The van der Waals surface area contributed by atoms with Gasteiger partial charge in [-0.1, -0.05) is 0 Å². The lowest BCUT2D eigenvalue weighted by Crippen LogP contribution is -2.67. The van der Waals surface area contributed by atoms with Crippen LogP contribution < -0.4 is 0 Å². The molecule has 1 saturated heterocycles. The van der Waals surface area contributed by atoms with E-state index in [-0.39, 0.29) is 6.04 Å². The van der Waals surface area contributed by atoms with E-state index in [1.54, 1.807) is 13.8 Å². The Hall–Kier alpha value is -1.46. The van der Waals surface area contributed by atoms with Crippen LogP contribution in [0.1, 0.15) is 20.8 Å². The molecule has 0 aromatic carbocycles. The van der Waals surface area contributed by atoms with E-state index in [0.29, 0.717) is 19.8 Å². The minimum atomic E-state index is -0.511. The molecule has 1 rings (SSSR count). The molecule has 0 aromatic rings. The molecule has 0 aromatic heterocycles. The normalized spacial score (nSPS) is 19.5. The molecule has 1 fully saturated rings. The number of ether oxygens (including phenoxy) is 2. The molecular formula is C9H16N2O4. The van der Waals surface area contributed by atoms with E-state index >= 15 is 0 Å². The zero-order valence-corrected chi connectivity index (χ0v) is 9.23. The number of rotatable bonds is 2. The fourth-order valence-electron chi connectivity index (χ4n) is 1.39. The molecule has 0 N–H and O–H groups in total. The summed E-state index contributed by atoms with van der Waals surface area (Å²) in [5.41, 5.74) is 0. The van der Waals surface area contributed by atoms with Gasteiger partial charge in [0.25, 0.3) is 0 Å². The molecule has 1 aliphatic rings. The van der Waals surface area contributed by atoms with Crippen LogP contribution in [0.2, 0.25) is 0 Å². The topological polar surface area (TPSA) is 59.1 Å². The molecular weight excluding hydrogens is 200 g/mol. The van der Waals surface area contributed by atoms with Gasteiger partial charge < -0.3 is 9.47 Å².